The van der Waals surface area contributed by atoms with Crippen LogP contribution in [0.1, 0.15) is 29.8 Å². The van der Waals surface area contributed by atoms with Gasteiger partial charge in [-0.1, -0.05) is 5.16 Å². The summed E-state index contributed by atoms with van der Waals surface area (Å²) in [6.45, 7) is 7.06. The fourth-order valence-electron chi connectivity index (χ4n) is 3.76. The van der Waals surface area contributed by atoms with E-state index < -0.39 is 5.97 Å². The molecule has 8 nitrogen and oxygen atoms in total. The second-order valence-corrected chi connectivity index (χ2v) is 6.86. The number of benzene rings is 1. The minimum Gasteiger partial charge on any atom is -0.478 e. The Kier molecular flexibility index (Phi) is 4.27. The molecule has 3 aromatic rings. The van der Waals surface area contributed by atoms with Crippen LogP contribution in [0.2, 0.25) is 0 Å². The normalized spacial score (nSPS) is 20.2. The van der Waals surface area contributed by atoms with E-state index in [1.54, 1.807) is 24.7 Å². The maximum atomic E-state index is 12.1. The van der Waals surface area contributed by atoms with Crippen molar-refractivity contribution >= 4 is 22.6 Å². The van der Waals surface area contributed by atoms with Gasteiger partial charge in [-0.25, -0.2) is 4.79 Å². The molecule has 0 saturated carbocycles. The van der Waals surface area contributed by atoms with Gasteiger partial charge in [0.2, 0.25) is 0 Å². The molecule has 2 aromatic heterocycles. The highest BCUT2D eigenvalue weighted by Gasteiger charge is 2.29. The van der Waals surface area contributed by atoms with E-state index in [1.807, 2.05) is 20.8 Å². The van der Waals surface area contributed by atoms with Crippen molar-refractivity contribution in [2.24, 2.45) is 0 Å². The molecule has 1 N–H and O–H groups in total. The van der Waals surface area contributed by atoms with Crippen molar-refractivity contribution in [3.63, 3.8) is 0 Å². The molecule has 1 aliphatic heterocycles. The van der Waals surface area contributed by atoms with Gasteiger partial charge in [0, 0.05) is 31.0 Å². The summed E-state index contributed by atoms with van der Waals surface area (Å²) in [6, 6.07) is 1.62. The van der Waals surface area contributed by atoms with Crippen LogP contribution >= 0.6 is 0 Å². The zero-order valence-electron chi connectivity index (χ0n) is 15.3. The highest BCUT2D eigenvalue weighted by molar-refractivity contribution is 6.05. The Bertz CT molecular complexity index is 992. The Morgan fingerprint density at radius 3 is 2.63 bits per heavy atom. The zero-order valence-corrected chi connectivity index (χ0v) is 15.3. The second kappa shape index (κ2) is 6.62. The average molecular weight is 368 g/mol. The maximum absolute atomic E-state index is 12.1. The first-order chi connectivity index (χ1) is 13.0. The van der Waals surface area contributed by atoms with Crippen LogP contribution < -0.4 is 4.90 Å². The van der Waals surface area contributed by atoms with Crippen molar-refractivity contribution in [3.8, 4) is 11.4 Å². The maximum Gasteiger partial charge on any atom is 0.337 e. The molecule has 1 aliphatic rings. The number of aromatic nitrogens is 3. The van der Waals surface area contributed by atoms with Gasteiger partial charge in [-0.3, -0.25) is 9.97 Å². The Morgan fingerprint density at radius 2 is 2.00 bits per heavy atom. The van der Waals surface area contributed by atoms with E-state index in [1.165, 1.54) is 0 Å². The van der Waals surface area contributed by atoms with Crippen molar-refractivity contribution < 1.29 is 19.2 Å². The molecule has 2 unspecified atom stereocenters. The smallest absolute Gasteiger partial charge is 0.337 e. The van der Waals surface area contributed by atoms with E-state index in [2.05, 4.69) is 20.0 Å². The third kappa shape index (κ3) is 3.02. The van der Waals surface area contributed by atoms with Crippen molar-refractivity contribution in [2.45, 2.75) is 33.0 Å². The summed E-state index contributed by atoms with van der Waals surface area (Å²) in [4.78, 5) is 22.4. The summed E-state index contributed by atoms with van der Waals surface area (Å²) in [5.74, 6) is -0.993. The standard InChI is InChI=1S/C19H20N4O4/c1-10-8-23(9-11(2)26-10)17-12(3)18-13(6-14(17)19(24)25)16(22-27-18)15-7-20-4-5-21-15/h4-7,10-11H,8-9H2,1-3H3,(H,24,25). The van der Waals surface area contributed by atoms with E-state index in [0.717, 1.165) is 5.56 Å². The molecule has 1 saturated heterocycles. The summed E-state index contributed by atoms with van der Waals surface area (Å²) in [5.41, 5.74) is 3.19. The molecule has 0 spiro atoms. The van der Waals surface area contributed by atoms with Crippen molar-refractivity contribution in [3.05, 3.63) is 35.8 Å². The number of fused-ring (bicyclic) bond motifs is 1. The summed E-state index contributed by atoms with van der Waals surface area (Å²) < 4.78 is 11.4. The van der Waals surface area contributed by atoms with E-state index in [4.69, 9.17) is 9.26 Å². The van der Waals surface area contributed by atoms with Crippen molar-refractivity contribution in [2.75, 3.05) is 18.0 Å². The third-order valence-electron chi connectivity index (χ3n) is 4.74. The minimum atomic E-state index is -0.993. The van der Waals surface area contributed by atoms with Crippen LogP contribution in [0.4, 0.5) is 5.69 Å². The van der Waals surface area contributed by atoms with Gasteiger partial charge in [-0.2, -0.15) is 0 Å². The summed E-state index contributed by atoms with van der Waals surface area (Å²) in [5, 5.41) is 14.6. The first-order valence-corrected chi connectivity index (χ1v) is 8.78. The molecule has 1 fully saturated rings. The van der Waals surface area contributed by atoms with E-state index in [-0.39, 0.29) is 17.8 Å². The number of carbonyl (C=O) groups is 1. The first-order valence-electron chi connectivity index (χ1n) is 8.78. The van der Waals surface area contributed by atoms with Gasteiger partial charge >= 0.3 is 5.97 Å². The van der Waals surface area contributed by atoms with Crippen molar-refractivity contribution in [1.29, 1.82) is 0 Å². The number of carboxylic acid groups (broad SMARTS) is 1. The predicted molar refractivity (Wildman–Crippen MR) is 99.0 cm³/mol. The van der Waals surface area contributed by atoms with Gasteiger partial charge in [-0.15, -0.1) is 0 Å². The van der Waals surface area contributed by atoms with Crippen LogP contribution in [0.3, 0.4) is 0 Å². The van der Waals surface area contributed by atoms with Crippen LogP contribution in [-0.2, 0) is 4.74 Å². The Morgan fingerprint density at radius 1 is 1.26 bits per heavy atom. The fraction of sp³-hybridized carbons (Fsp3) is 0.368. The fourth-order valence-corrected chi connectivity index (χ4v) is 3.76. The minimum absolute atomic E-state index is 0.00960. The molecule has 4 rings (SSSR count). The molecule has 2 atom stereocenters. The lowest BCUT2D eigenvalue weighted by Gasteiger charge is -2.38. The molecule has 3 heterocycles. The molecular weight excluding hydrogens is 348 g/mol. The molecule has 8 heteroatoms. The lowest BCUT2D eigenvalue weighted by Crippen LogP contribution is -2.46. The van der Waals surface area contributed by atoms with Crippen LogP contribution in [0, 0.1) is 6.92 Å². The highest BCUT2D eigenvalue weighted by Crippen LogP contribution is 2.37. The van der Waals surface area contributed by atoms with Gasteiger partial charge < -0.3 is 19.3 Å². The number of carboxylic acids is 1. The number of rotatable bonds is 3. The zero-order chi connectivity index (χ0) is 19.1. The van der Waals surface area contributed by atoms with Gasteiger partial charge in [-0.05, 0) is 26.8 Å². The Labute approximate surface area is 155 Å². The van der Waals surface area contributed by atoms with Gasteiger partial charge in [0.15, 0.2) is 5.58 Å². The average Bonchev–Trinajstić information content (AvgIpc) is 3.05. The number of hydrogen-bond donors (Lipinski definition) is 1. The topological polar surface area (TPSA) is 102 Å². The predicted octanol–water partition coefficient (Wildman–Crippen LogP) is 2.91. The first kappa shape index (κ1) is 17.4. The molecule has 0 bridgehead atoms. The Hall–Kier alpha value is -3.00. The molecule has 0 radical (unpaired) electrons. The SMILES string of the molecule is Cc1c(N2CC(C)OC(C)C2)c(C(=O)O)cc2c(-c3cnccn3)noc12. The lowest BCUT2D eigenvalue weighted by molar-refractivity contribution is -0.00534. The molecule has 0 aliphatic carbocycles. The number of aromatic carboxylic acids is 1. The molecule has 140 valence electrons. The summed E-state index contributed by atoms with van der Waals surface area (Å²) in [6.07, 6.45) is 4.72. The second-order valence-electron chi connectivity index (χ2n) is 6.86. The quantitative estimate of drug-likeness (QED) is 0.753. The van der Waals surface area contributed by atoms with Crippen molar-refractivity contribution in [1.82, 2.24) is 15.1 Å². The highest BCUT2D eigenvalue weighted by atomic mass is 16.5. The van der Waals surface area contributed by atoms with Crippen LogP contribution in [0.15, 0.2) is 29.2 Å². The summed E-state index contributed by atoms with van der Waals surface area (Å²) >= 11 is 0. The molecule has 1 aromatic carbocycles. The summed E-state index contributed by atoms with van der Waals surface area (Å²) in [7, 11) is 0. The largest absolute Gasteiger partial charge is 0.478 e. The van der Waals surface area contributed by atoms with Gasteiger partial charge in [0.1, 0.15) is 11.4 Å². The number of hydrogen-bond acceptors (Lipinski definition) is 7. The lowest BCUT2D eigenvalue weighted by atomic mass is 10.00. The van der Waals surface area contributed by atoms with Crippen LogP contribution in [0.5, 0.6) is 0 Å². The van der Waals surface area contributed by atoms with Crippen LogP contribution in [0.25, 0.3) is 22.4 Å². The Balaban J connectivity index is 1.91. The van der Waals surface area contributed by atoms with E-state index >= 15 is 0 Å². The van der Waals surface area contributed by atoms with E-state index in [0.29, 0.717) is 41.1 Å². The van der Waals surface area contributed by atoms with Gasteiger partial charge in [0.05, 0.1) is 35.0 Å². The number of morpholine rings is 1. The number of nitrogens with zero attached hydrogens (tertiary/aromatic N) is 4. The number of ether oxygens (including phenoxy) is 1. The third-order valence-corrected chi connectivity index (χ3v) is 4.74. The molecule has 27 heavy (non-hydrogen) atoms. The molecular formula is C19H20N4O4. The van der Waals surface area contributed by atoms with Crippen LogP contribution in [-0.4, -0.2) is 51.5 Å². The number of anilines is 1. The number of aryl methyl sites for hydroxylation is 1. The monoisotopic (exact) mass is 368 g/mol. The molecule has 0 amide bonds. The van der Waals surface area contributed by atoms with Gasteiger partial charge in [0.25, 0.3) is 0 Å². The van der Waals surface area contributed by atoms with E-state index in [9.17, 15) is 9.90 Å².